The molecule has 0 bridgehead atoms. The van der Waals surface area contributed by atoms with Crippen molar-refractivity contribution in [1.82, 2.24) is 4.90 Å². The number of fused-ring (bicyclic) bond motifs is 2. The van der Waals surface area contributed by atoms with Crippen molar-refractivity contribution in [3.8, 4) is 11.8 Å². The Bertz CT molecular complexity index is 792. The summed E-state index contributed by atoms with van der Waals surface area (Å²) in [6.45, 7) is 9.66. The number of cyclic esters (lactones) is 1. The van der Waals surface area contributed by atoms with Crippen LogP contribution in [0.4, 0.5) is 4.79 Å². The minimum absolute atomic E-state index is 0.0139. The molecule has 0 aromatic carbocycles. The van der Waals surface area contributed by atoms with E-state index in [1.807, 2.05) is 27.7 Å². The number of ether oxygens (including phenoxy) is 2. The van der Waals surface area contributed by atoms with E-state index >= 15 is 0 Å². The van der Waals surface area contributed by atoms with E-state index < -0.39 is 5.60 Å². The third-order valence-electron chi connectivity index (χ3n) is 7.99. The average molecular weight is 446 g/mol. The molecule has 6 heteroatoms. The van der Waals surface area contributed by atoms with Gasteiger partial charge in [-0.3, -0.25) is 9.69 Å². The molecule has 2 saturated heterocycles. The first-order chi connectivity index (χ1) is 15.1. The Balaban J connectivity index is 1.63. The highest BCUT2D eigenvalue weighted by molar-refractivity contribution is 5.75. The molecule has 9 atom stereocenters. The molecular formula is C26H39NO5. The maximum absolute atomic E-state index is 13.0. The molecule has 0 unspecified atom stereocenters. The van der Waals surface area contributed by atoms with E-state index in [1.54, 1.807) is 4.90 Å². The van der Waals surface area contributed by atoms with Crippen LogP contribution in [-0.4, -0.2) is 52.0 Å². The molecule has 0 spiro atoms. The first-order valence-corrected chi connectivity index (χ1v) is 12.5. The van der Waals surface area contributed by atoms with Crippen LogP contribution in [0.3, 0.4) is 0 Å². The van der Waals surface area contributed by atoms with Crippen LogP contribution in [0.2, 0.25) is 0 Å². The Labute approximate surface area is 192 Å². The Morgan fingerprint density at radius 3 is 2.53 bits per heavy atom. The van der Waals surface area contributed by atoms with Gasteiger partial charge in [0, 0.05) is 23.8 Å². The molecule has 1 amide bonds. The summed E-state index contributed by atoms with van der Waals surface area (Å²) in [5.74, 6) is 7.04. The van der Waals surface area contributed by atoms with Crippen LogP contribution < -0.4 is 0 Å². The largest absolute Gasteiger partial charge is 0.462 e. The zero-order valence-electron chi connectivity index (χ0n) is 20.2. The maximum atomic E-state index is 13.0. The summed E-state index contributed by atoms with van der Waals surface area (Å²) in [6, 6.07) is -0.137. The number of carbonyl (C=O) groups is 2. The van der Waals surface area contributed by atoms with Gasteiger partial charge in [-0.15, -0.1) is 0 Å². The molecule has 6 nitrogen and oxygen atoms in total. The lowest BCUT2D eigenvalue weighted by molar-refractivity contribution is -0.144. The molecule has 4 rings (SSSR count). The molecule has 32 heavy (non-hydrogen) atoms. The van der Waals surface area contributed by atoms with Crippen molar-refractivity contribution in [2.75, 3.05) is 0 Å². The fourth-order valence-electron chi connectivity index (χ4n) is 6.65. The molecule has 0 aromatic heterocycles. The monoisotopic (exact) mass is 445 g/mol. The normalized spacial score (nSPS) is 41.6. The first kappa shape index (κ1) is 23.4. The Morgan fingerprint density at radius 2 is 1.81 bits per heavy atom. The van der Waals surface area contributed by atoms with Crippen LogP contribution in [0, 0.1) is 41.4 Å². The number of likely N-dealkylation sites (tertiary alicyclic amines) is 1. The second kappa shape index (κ2) is 8.89. The van der Waals surface area contributed by atoms with Crippen LogP contribution >= 0.6 is 0 Å². The van der Waals surface area contributed by atoms with Crippen molar-refractivity contribution in [1.29, 1.82) is 0 Å². The predicted molar refractivity (Wildman–Crippen MR) is 120 cm³/mol. The average Bonchev–Trinajstić information content (AvgIpc) is 2.97. The van der Waals surface area contributed by atoms with E-state index in [0.29, 0.717) is 5.92 Å². The highest BCUT2D eigenvalue weighted by Crippen LogP contribution is 2.52. The lowest BCUT2D eigenvalue weighted by Crippen LogP contribution is -2.50. The standard InChI is InChI=1S/C26H39NO5/c1-15-8-6-10-18(27(15)25(30)32-26(3,4)5)12-13-19-22-16(2)31-24(29)20(22)14-17-9-7-11-21(28)23(17)19/h15-23,28H,6-11,14H2,1-5H3/t15-,16-,17+,18+,19-,20-,21-,22+,23-/m0/s1. The number of rotatable bonds is 0. The summed E-state index contributed by atoms with van der Waals surface area (Å²) in [5.41, 5.74) is -0.556. The van der Waals surface area contributed by atoms with Crippen LogP contribution in [0.1, 0.15) is 79.6 Å². The number of aliphatic hydroxyl groups is 1. The molecule has 0 radical (unpaired) electrons. The molecule has 4 aliphatic rings. The number of carbonyl (C=O) groups excluding carboxylic acids is 2. The van der Waals surface area contributed by atoms with Crippen LogP contribution in [0.5, 0.6) is 0 Å². The van der Waals surface area contributed by atoms with E-state index in [1.165, 1.54) is 0 Å². The quantitative estimate of drug-likeness (QED) is 0.448. The Hall–Kier alpha value is -1.74. The van der Waals surface area contributed by atoms with Crippen molar-refractivity contribution in [2.24, 2.45) is 29.6 Å². The van der Waals surface area contributed by atoms with Gasteiger partial charge >= 0.3 is 12.1 Å². The smallest absolute Gasteiger partial charge is 0.411 e. The fourth-order valence-corrected chi connectivity index (χ4v) is 6.65. The first-order valence-electron chi connectivity index (χ1n) is 12.5. The second-order valence-electron chi connectivity index (χ2n) is 11.4. The van der Waals surface area contributed by atoms with Gasteiger partial charge in [-0.1, -0.05) is 18.3 Å². The van der Waals surface area contributed by atoms with Gasteiger partial charge in [0.1, 0.15) is 11.7 Å². The van der Waals surface area contributed by atoms with Gasteiger partial charge < -0.3 is 14.6 Å². The van der Waals surface area contributed by atoms with Gasteiger partial charge in [0.05, 0.1) is 18.1 Å². The zero-order valence-corrected chi connectivity index (χ0v) is 20.2. The predicted octanol–water partition coefficient (Wildman–Crippen LogP) is 4.14. The molecule has 2 saturated carbocycles. The molecule has 2 heterocycles. The lowest BCUT2D eigenvalue weighted by atomic mass is 9.57. The number of piperidine rings is 1. The van der Waals surface area contributed by atoms with Gasteiger partial charge in [-0.05, 0) is 79.1 Å². The molecule has 0 aromatic rings. The third-order valence-corrected chi connectivity index (χ3v) is 7.99. The van der Waals surface area contributed by atoms with Crippen molar-refractivity contribution in [3.63, 3.8) is 0 Å². The van der Waals surface area contributed by atoms with Gasteiger partial charge in [0.2, 0.25) is 0 Å². The lowest BCUT2D eigenvalue weighted by Gasteiger charge is -2.47. The number of aliphatic hydroxyl groups excluding tert-OH is 1. The van der Waals surface area contributed by atoms with E-state index in [4.69, 9.17) is 9.47 Å². The summed E-state index contributed by atoms with van der Waals surface area (Å²) in [6.07, 6.45) is 5.53. The van der Waals surface area contributed by atoms with E-state index in [9.17, 15) is 14.7 Å². The second-order valence-corrected chi connectivity index (χ2v) is 11.4. The number of hydrogen-bond acceptors (Lipinski definition) is 5. The summed E-state index contributed by atoms with van der Waals surface area (Å²) in [5, 5.41) is 10.9. The minimum atomic E-state index is -0.556. The van der Waals surface area contributed by atoms with E-state index in [-0.39, 0.29) is 60.0 Å². The van der Waals surface area contributed by atoms with Crippen molar-refractivity contribution in [3.05, 3.63) is 0 Å². The minimum Gasteiger partial charge on any atom is -0.462 e. The van der Waals surface area contributed by atoms with Gasteiger partial charge in [-0.2, -0.15) is 0 Å². The number of esters is 1. The van der Waals surface area contributed by atoms with Crippen LogP contribution in [0.25, 0.3) is 0 Å². The van der Waals surface area contributed by atoms with Crippen molar-refractivity contribution >= 4 is 12.1 Å². The third kappa shape index (κ3) is 4.51. The Morgan fingerprint density at radius 1 is 1.09 bits per heavy atom. The van der Waals surface area contributed by atoms with E-state index in [2.05, 4.69) is 18.8 Å². The fraction of sp³-hybridized carbons (Fsp3) is 0.846. The van der Waals surface area contributed by atoms with Crippen LogP contribution in [0.15, 0.2) is 0 Å². The SMILES string of the molecule is C[C@@H]1OC(=O)[C@H]2C[C@H]3CCC[C@H](O)[C@@H]3[C@@H](C#C[C@H]3CCC[C@H](C)N3C(=O)OC(C)(C)C)[C@@H]12. The molecule has 178 valence electrons. The van der Waals surface area contributed by atoms with Crippen molar-refractivity contribution < 1.29 is 24.2 Å². The number of hydrogen-bond donors (Lipinski definition) is 1. The molecule has 2 aliphatic carbocycles. The number of amides is 1. The molecule has 2 aliphatic heterocycles. The summed E-state index contributed by atoms with van der Waals surface area (Å²) in [7, 11) is 0. The zero-order chi connectivity index (χ0) is 23.2. The molecule has 1 N–H and O–H groups in total. The molecular weight excluding hydrogens is 406 g/mol. The maximum Gasteiger partial charge on any atom is 0.411 e. The summed E-state index contributed by atoms with van der Waals surface area (Å²) < 4.78 is 11.3. The highest BCUT2D eigenvalue weighted by Gasteiger charge is 2.56. The van der Waals surface area contributed by atoms with Gasteiger partial charge in [-0.25, -0.2) is 4.79 Å². The summed E-state index contributed by atoms with van der Waals surface area (Å²) >= 11 is 0. The highest BCUT2D eigenvalue weighted by atomic mass is 16.6. The number of nitrogens with zero attached hydrogens (tertiary/aromatic N) is 1. The van der Waals surface area contributed by atoms with E-state index in [0.717, 1.165) is 44.9 Å². The van der Waals surface area contributed by atoms with Crippen LogP contribution in [-0.2, 0) is 14.3 Å². The van der Waals surface area contributed by atoms with Crippen molar-refractivity contribution in [2.45, 2.75) is 109 Å². The summed E-state index contributed by atoms with van der Waals surface area (Å²) in [4.78, 5) is 27.3. The van der Waals surface area contributed by atoms with Gasteiger partial charge in [0.15, 0.2) is 0 Å². The Kier molecular flexibility index (Phi) is 6.51. The molecule has 4 fully saturated rings. The topological polar surface area (TPSA) is 76.1 Å². The van der Waals surface area contributed by atoms with Gasteiger partial charge in [0.25, 0.3) is 0 Å².